The molecule has 0 amide bonds. The van der Waals surface area contributed by atoms with Gasteiger partial charge in [0.15, 0.2) is 0 Å². The summed E-state index contributed by atoms with van der Waals surface area (Å²) in [4.78, 5) is 0. The second-order valence-electron chi connectivity index (χ2n) is 6.24. The van der Waals surface area contributed by atoms with Gasteiger partial charge in [-0.05, 0) is 70.3 Å². The highest BCUT2D eigenvalue weighted by atomic mass is 127. The van der Waals surface area contributed by atoms with Gasteiger partial charge in [0.1, 0.15) is 0 Å². The first-order chi connectivity index (χ1) is 9.36. The van der Waals surface area contributed by atoms with Gasteiger partial charge < -0.3 is 5.32 Å². The topological polar surface area (TPSA) is 12.0 Å². The van der Waals surface area contributed by atoms with Crippen molar-refractivity contribution in [2.24, 2.45) is 0 Å². The van der Waals surface area contributed by atoms with Crippen molar-refractivity contribution in [2.45, 2.75) is 39.2 Å². The van der Waals surface area contributed by atoms with Crippen LogP contribution in [0.1, 0.15) is 44.9 Å². The van der Waals surface area contributed by atoms with Gasteiger partial charge in [0.05, 0.1) is 0 Å². The van der Waals surface area contributed by atoms with Crippen LogP contribution in [0.15, 0.2) is 48.5 Å². The first kappa shape index (κ1) is 15.4. The van der Waals surface area contributed by atoms with Crippen molar-refractivity contribution in [3.05, 3.63) is 63.2 Å². The second-order valence-corrected chi connectivity index (χ2v) is 7.49. The Morgan fingerprint density at radius 2 is 1.45 bits per heavy atom. The summed E-state index contributed by atoms with van der Waals surface area (Å²) in [6.45, 7) is 8.91. The molecule has 0 spiro atoms. The van der Waals surface area contributed by atoms with E-state index < -0.39 is 0 Å². The van der Waals surface area contributed by atoms with Crippen LogP contribution in [0.5, 0.6) is 0 Å². The molecule has 0 aliphatic carbocycles. The molecule has 1 atom stereocenters. The van der Waals surface area contributed by atoms with Gasteiger partial charge in [0.25, 0.3) is 0 Å². The van der Waals surface area contributed by atoms with Gasteiger partial charge in [-0.3, -0.25) is 0 Å². The number of rotatable bonds is 3. The van der Waals surface area contributed by atoms with Crippen molar-refractivity contribution in [3.8, 4) is 0 Å². The van der Waals surface area contributed by atoms with Crippen LogP contribution in [0.4, 0.5) is 5.69 Å². The Labute approximate surface area is 135 Å². The standard InChI is InChI=1S/C18H22IN/c1-13(14-5-9-16(19)10-6-14)20-17-11-7-15(8-12-17)18(2,3)4/h5-13,20H,1-4H3. The summed E-state index contributed by atoms with van der Waals surface area (Å²) in [5.41, 5.74) is 4.06. The molecule has 1 nitrogen and oxygen atoms in total. The van der Waals surface area contributed by atoms with Crippen molar-refractivity contribution in [2.75, 3.05) is 5.32 Å². The Morgan fingerprint density at radius 1 is 0.900 bits per heavy atom. The minimum Gasteiger partial charge on any atom is -0.379 e. The predicted molar refractivity (Wildman–Crippen MR) is 96.3 cm³/mol. The zero-order valence-electron chi connectivity index (χ0n) is 12.6. The van der Waals surface area contributed by atoms with Crippen LogP contribution >= 0.6 is 22.6 Å². The van der Waals surface area contributed by atoms with Crippen LogP contribution in [0.25, 0.3) is 0 Å². The maximum atomic E-state index is 3.55. The lowest BCUT2D eigenvalue weighted by atomic mass is 9.87. The molecule has 1 N–H and O–H groups in total. The maximum Gasteiger partial charge on any atom is 0.0485 e. The summed E-state index contributed by atoms with van der Waals surface area (Å²) in [6, 6.07) is 17.7. The molecule has 20 heavy (non-hydrogen) atoms. The summed E-state index contributed by atoms with van der Waals surface area (Å²) in [5, 5.41) is 3.55. The van der Waals surface area contributed by atoms with Crippen LogP contribution < -0.4 is 5.32 Å². The van der Waals surface area contributed by atoms with Crippen molar-refractivity contribution >= 4 is 28.3 Å². The van der Waals surface area contributed by atoms with Crippen molar-refractivity contribution < 1.29 is 0 Å². The molecule has 0 saturated heterocycles. The molecular formula is C18H22IN. The number of hydrogen-bond donors (Lipinski definition) is 1. The van der Waals surface area contributed by atoms with Gasteiger partial charge in [0.2, 0.25) is 0 Å². The summed E-state index contributed by atoms with van der Waals surface area (Å²) in [5.74, 6) is 0. The minimum atomic E-state index is 0.209. The third-order valence-corrected chi connectivity index (χ3v) is 4.22. The predicted octanol–water partition coefficient (Wildman–Crippen LogP) is 5.76. The Balaban J connectivity index is 2.08. The zero-order chi connectivity index (χ0) is 14.8. The number of hydrogen-bond acceptors (Lipinski definition) is 1. The number of halogens is 1. The fourth-order valence-corrected chi connectivity index (χ4v) is 2.51. The largest absolute Gasteiger partial charge is 0.379 e. The van der Waals surface area contributed by atoms with E-state index in [1.54, 1.807) is 0 Å². The second kappa shape index (κ2) is 6.17. The van der Waals surface area contributed by atoms with Crippen LogP contribution in [-0.2, 0) is 5.41 Å². The fourth-order valence-electron chi connectivity index (χ4n) is 2.15. The van der Waals surface area contributed by atoms with Crippen LogP contribution in [-0.4, -0.2) is 0 Å². The highest BCUT2D eigenvalue weighted by Gasteiger charge is 2.13. The molecule has 0 radical (unpaired) electrons. The van der Waals surface area contributed by atoms with Gasteiger partial charge in [-0.15, -0.1) is 0 Å². The average molecular weight is 379 g/mol. The molecule has 0 aliphatic rings. The van der Waals surface area contributed by atoms with Crippen LogP contribution in [0.3, 0.4) is 0 Å². The molecule has 0 aromatic heterocycles. The van der Waals surface area contributed by atoms with E-state index in [-0.39, 0.29) is 5.41 Å². The summed E-state index contributed by atoms with van der Waals surface area (Å²) in [6.07, 6.45) is 0. The third-order valence-electron chi connectivity index (χ3n) is 3.50. The van der Waals surface area contributed by atoms with Crippen molar-refractivity contribution in [1.29, 1.82) is 0 Å². The van der Waals surface area contributed by atoms with Crippen molar-refractivity contribution in [1.82, 2.24) is 0 Å². The van der Waals surface area contributed by atoms with E-state index in [9.17, 15) is 0 Å². The van der Waals surface area contributed by atoms with Crippen LogP contribution in [0.2, 0.25) is 0 Å². The van der Waals surface area contributed by atoms with E-state index in [1.165, 1.54) is 20.4 Å². The van der Waals surface area contributed by atoms with E-state index in [0.717, 1.165) is 0 Å². The maximum absolute atomic E-state index is 3.55. The molecule has 2 rings (SSSR count). The first-order valence-electron chi connectivity index (χ1n) is 6.99. The SMILES string of the molecule is CC(Nc1ccc(C(C)(C)C)cc1)c1ccc(I)cc1. The molecule has 1 unspecified atom stereocenters. The average Bonchev–Trinajstić information content (AvgIpc) is 2.39. The molecule has 106 valence electrons. The van der Waals surface area contributed by atoms with E-state index in [2.05, 4.69) is 104 Å². The summed E-state index contributed by atoms with van der Waals surface area (Å²) < 4.78 is 1.27. The summed E-state index contributed by atoms with van der Waals surface area (Å²) in [7, 11) is 0. The number of nitrogens with one attached hydrogen (secondary N) is 1. The van der Waals surface area contributed by atoms with E-state index >= 15 is 0 Å². The molecular weight excluding hydrogens is 357 g/mol. The van der Waals surface area contributed by atoms with Gasteiger partial charge in [-0.2, -0.15) is 0 Å². The lowest BCUT2D eigenvalue weighted by Gasteiger charge is -2.20. The fraction of sp³-hybridized carbons (Fsp3) is 0.333. The Bertz CT molecular complexity index is 549. The molecule has 0 fully saturated rings. The molecule has 0 heterocycles. The highest BCUT2D eigenvalue weighted by Crippen LogP contribution is 2.25. The zero-order valence-corrected chi connectivity index (χ0v) is 14.7. The van der Waals surface area contributed by atoms with Gasteiger partial charge in [-0.25, -0.2) is 0 Å². The third kappa shape index (κ3) is 3.98. The van der Waals surface area contributed by atoms with Crippen molar-refractivity contribution in [3.63, 3.8) is 0 Å². The lowest BCUT2D eigenvalue weighted by molar-refractivity contribution is 0.590. The lowest BCUT2D eigenvalue weighted by Crippen LogP contribution is -2.11. The first-order valence-corrected chi connectivity index (χ1v) is 8.07. The molecule has 2 heteroatoms. The minimum absolute atomic E-state index is 0.209. The highest BCUT2D eigenvalue weighted by molar-refractivity contribution is 14.1. The molecule has 0 saturated carbocycles. The van der Waals surface area contributed by atoms with Gasteiger partial charge in [0, 0.05) is 15.3 Å². The Morgan fingerprint density at radius 3 is 1.95 bits per heavy atom. The molecule has 0 bridgehead atoms. The molecule has 2 aromatic rings. The molecule has 0 aliphatic heterocycles. The van der Waals surface area contributed by atoms with Gasteiger partial charge >= 0.3 is 0 Å². The Kier molecular flexibility index (Phi) is 4.74. The van der Waals surface area contributed by atoms with E-state index in [0.29, 0.717) is 6.04 Å². The Hall–Kier alpha value is -1.03. The van der Waals surface area contributed by atoms with Crippen LogP contribution in [0, 0.1) is 3.57 Å². The number of anilines is 1. The number of benzene rings is 2. The quantitative estimate of drug-likeness (QED) is 0.669. The normalized spacial score (nSPS) is 13.1. The summed E-state index contributed by atoms with van der Waals surface area (Å²) >= 11 is 2.33. The van der Waals surface area contributed by atoms with Gasteiger partial charge in [-0.1, -0.05) is 45.0 Å². The molecule has 2 aromatic carbocycles. The van der Waals surface area contributed by atoms with E-state index in [4.69, 9.17) is 0 Å². The monoisotopic (exact) mass is 379 g/mol. The van der Waals surface area contributed by atoms with E-state index in [1.807, 2.05) is 0 Å². The smallest absolute Gasteiger partial charge is 0.0485 e.